The first-order valence-electron chi connectivity index (χ1n) is 9.18. The SMILES string of the molecule is Cc1cc(C#N)cnc1C(=O)Nc1cccc([C@@]2(C)N=C(N)[C@@H](C)O[C@H]2C(F)(F)F)n1. The van der Waals surface area contributed by atoms with E-state index in [9.17, 15) is 18.0 Å². The number of ether oxygens (including phenoxy) is 1. The fourth-order valence-corrected chi connectivity index (χ4v) is 3.25. The van der Waals surface area contributed by atoms with Gasteiger partial charge in [0.15, 0.2) is 6.10 Å². The van der Waals surface area contributed by atoms with E-state index in [1.807, 2.05) is 6.07 Å². The van der Waals surface area contributed by atoms with Crippen LogP contribution in [0.15, 0.2) is 35.5 Å². The smallest absolute Gasteiger partial charge is 0.385 e. The van der Waals surface area contributed by atoms with Gasteiger partial charge in [-0.1, -0.05) is 6.07 Å². The van der Waals surface area contributed by atoms with Crippen LogP contribution in [0.2, 0.25) is 0 Å². The molecule has 0 saturated carbocycles. The second-order valence-corrected chi connectivity index (χ2v) is 7.25. The fourth-order valence-electron chi connectivity index (χ4n) is 3.25. The molecule has 11 heteroatoms. The van der Waals surface area contributed by atoms with Crippen molar-refractivity contribution >= 4 is 17.6 Å². The molecule has 1 aliphatic heterocycles. The summed E-state index contributed by atoms with van der Waals surface area (Å²) in [4.78, 5) is 24.8. The third-order valence-corrected chi connectivity index (χ3v) is 4.86. The molecule has 3 N–H and O–H groups in total. The number of alkyl halides is 3. The lowest BCUT2D eigenvalue weighted by Gasteiger charge is -2.40. The Morgan fingerprint density at radius 1 is 1.39 bits per heavy atom. The van der Waals surface area contributed by atoms with Gasteiger partial charge in [-0.25, -0.2) is 9.97 Å². The number of amidine groups is 1. The Morgan fingerprint density at radius 2 is 2.10 bits per heavy atom. The van der Waals surface area contributed by atoms with Crippen molar-refractivity contribution in [2.45, 2.75) is 44.7 Å². The third kappa shape index (κ3) is 4.34. The molecule has 0 fully saturated rings. The standard InChI is InChI=1S/C20H19F3N6O2/c1-10-7-12(8-24)9-26-15(10)17(30)28-14-6-4-5-13(27-14)19(3)18(20(21,22)23)31-11(2)16(25)29-19/h4-7,9,11,18H,1-3H3,(H2,25,29)(H,27,28,30)/t11-,18-,19-/m1/s1. The van der Waals surface area contributed by atoms with Crippen molar-refractivity contribution in [2.75, 3.05) is 5.32 Å². The second kappa shape index (κ2) is 7.96. The minimum absolute atomic E-state index is 0.00241. The number of aromatic nitrogens is 2. The summed E-state index contributed by atoms with van der Waals surface area (Å²) in [7, 11) is 0. The molecule has 0 bridgehead atoms. The summed E-state index contributed by atoms with van der Waals surface area (Å²) < 4.78 is 46.2. The minimum atomic E-state index is -4.72. The van der Waals surface area contributed by atoms with Crippen LogP contribution in [0.25, 0.3) is 0 Å². The number of nitrogens with zero attached hydrogens (tertiary/aromatic N) is 4. The number of carbonyl (C=O) groups is 1. The highest BCUT2D eigenvalue weighted by atomic mass is 19.4. The normalized spacial score (nSPS) is 23.6. The van der Waals surface area contributed by atoms with E-state index in [2.05, 4.69) is 20.3 Å². The second-order valence-electron chi connectivity index (χ2n) is 7.25. The van der Waals surface area contributed by atoms with E-state index < -0.39 is 29.8 Å². The lowest BCUT2D eigenvalue weighted by Crippen LogP contribution is -2.55. The first kappa shape index (κ1) is 22.2. The van der Waals surface area contributed by atoms with E-state index in [-0.39, 0.29) is 23.0 Å². The van der Waals surface area contributed by atoms with Gasteiger partial charge in [-0.2, -0.15) is 18.4 Å². The molecule has 8 nitrogen and oxygen atoms in total. The molecule has 0 aromatic carbocycles. The van der Waals surface area contributed by atoms with Crippen LogP contribution in [0.4, 0.5) is 19.0 Å². The maximum Gasteiger partial charge on any atom is 0.417 e. The summed E-state index contributed by atoms with van der Waals surface area (Å²) >= 11 is 0. The zero-order chi connectivity index (χ0) is 23.0. The molecule has 3 rings (SSSR count). The molecular formula is C20H19F3N6O2. The zero-order valence-corrected chi connectivity index (χ0v) is 16.9. The van der Waals surface area contributed by atoms with Crippen molar-refractivity contribution in [1.29, 1.82) is 5.26 Å². The molecule has 2 aromatic heterocycles. The number of anilines is 1. The Bertz CT molecular complexity index is 1100. The van der Waals surface area contributed by atoms with E-state index >= 15 is 0 Å². The summed E-state index contributed by atoms with van der Waals surface area (Å²) in [5.41, 5.74) is 4.55. The molecule has 1 amide bonds. The topological polar surface area (TPSA) is 126 Å². The number of pyridine rings is 2. The Hall–Kier alpha value is -3.52. The van der Waals surface area contributed by atoms with Crippen LogP contribution in [0.5, 0.6) is 0 Å². The lowest BCUT2D eigenvalue weighted by molar-refractivity contribution is -0.248. The molecular weight excluding hydrogens is 413 g/mol. The van der Waals surface area contributed by atoms with Crippen LogP contribution < -0.4 is 11.1 Å². The van der Waals surface area contributed by atoms with Crippen molar-refractivity contribution in [2.24, 2.45) is 10.7 Å². The Balaban J connectivity index is 1.95. The molecule has 0 unspecified atom stereocenters. The average Bonchev–Trinajstić information content (AvgIpc) is 2.69. The fraction of sp³-hybridized carbons (Fsp3) is 0.350. The number of nitriles is 1. The summed E-state index contributed by atoms with van der Waals surface area (Å²) in [5, 5.41) is 11.4. The van der Waals surface area contributed by atoms with Crippen molar-refractivity contribution < 1.29 is 22.7 Å². The predicted octanol–water partition coefficient (Wildman–Crippen LogP) is 2.83. The molecule has 0 radical (unpaired) electrons. The van der Waals surface area contributed by atoms with Crippen molar-refractivity contribution in [3.05, 3.63) is 53.0 Å². The number of nitrogens with one attached hydrogen (secondary N) is 1. The summed E-state index contributed by atoms with van der Waals surface area (Å²) in [6.45, 7) is 4.22. The molecule has 2 aromatic rings. The predicted molar refractivity (Wildman–Crippen MR) is 105 cm³/mol. The van der Waals surface area contributed by atoms with Gasteiger partial charge in [0.25, 0.3) is 5.91 Å². The van der Waals surface area contributed by atoms with Gasteiger partial charge in [0.05, 0.1) is 11.3 Å². The first-order valence-corrected chi connectivity index (χ1v) is 9.18. The number of aliphatic imine (C=N–C) groups is 1. The van der Waals surface area contributed by atoms with Crippen molar-refractivity contribution in [3.63, 3.8) is 0 Å². The van der Waals surface area contributed by atoms with Crippen molar-refractivity contribution in [3.8, 4) is 6.07 Å². The van der Waals surface area contributed by atoms with Crippen molar-refractivity contribution in [1.82, 2.24) is 9.97 Å². The minimum Gasteiger partial charge on any atom is -0.385 e. The highest BCUT2D eigenvalue weighted by Gasteiger charge is 2.57. The molecule has 0 saturated heterocycles. The third-order valence-electron chi connectivity index (χ3n) is 4.86. The van der Waals surface area contributed by atoms with Gasteiger partial charge in [-0.15, -0.1) is 0 Å². The van der Waals surface area contributed by atoms with Gasteiger partial charge in [0.2, 0.25) is 0 Å². The van der Waals surface area contributed by atoms with Gasteiger partial charge in [-0.3, -0.25) is 9.79 Å². The van der Waals surface area contributed by atoms with E-state index in [1.54, 1.807) is 6.92 Å². The quantitative estimate of drug-likeness (QED) is 0.768. The number of hydrogen-bond acceptors (Lipinski definition) is 7. The van der Waals surface area contributed by atoms with E-state index in [1.165, 1.54) is 44.3 Å². The number of nitrogens with two attached hydrogens (primary N) is 1. The highest BCUT2D eigenvalue weighted by Crippen LogP contribution is 2.42. The number of halogens is 3. The van der Waals surface area contributed by atoms with Gasteiger partial charge in [0.1, 0.15) is 35.1 Å². The summed E-state index contributed by atoms with van der Waals surface area (Å²) in [5.74, 6) is -0.708. The first-order chi connectivity index (χ1) is 14.5. The average molecular weight is 432 g/mol. The lowest BCUT2D eigenvalue weighted by atomic mass is 9.88. The van der Waals surface area contributed by atoms with Crippen LogP contribution in [0.3, 0.4) is 0 Å². The monoisotopic (exact) mass is 432 g/mol. The Labute approximate surface area is 176 Å². The van der Waals surface area contributed by atoms with Gasteiger partial charge >= 0.3 is 6.18 Å². The number of amides is 1. The zero-order valence-electron chi connectivity index (χ0n) is 16.9. The van der Waals surface area contributed by atoms with Crippen LogP contribution in [0, 0.1) is 18.3 Å². The number of hydrogen-bond donors (Lipinski definition) is 2. The molecule has 162 valence electrons. The molecule has 3 atom stereocenters. The van der Waals surface area contributed by atoms with E-state index in [0.717, 1.165) is 0 Å². The van der Waals surface area contributed by atoms with Crippen LogP contribution >= 0.6 is 0 Å². The molecule has 1 aliphatic rings. The highest BCUT2D eigenvalue weighted by molar-refractivity contribution is 6.03. The summed E-state index contributed by atoms with van der Waals surface area (Å²) in [6, 6.07) is 7.64. The van der Waals surface area contributed by atoms with Crippen LogP contribution in [0.1, 0.15) is 41.2 Å². The Kier molecular flexibility index (Phi) is 5.69. The van der Waals surface area contributed by atoms with E-state index in [0.29, 0.717) is 11.1 Å². The van der Waals surface area contributed by atoms with Gasteiger partial charge in [-0.05, 0) is 44.5 Å². The summed E-state index contributed by atoms with van der Waals surface area (Å²) in [6.07, 6.45) is -6.76. The Morgan fingerprint density at radius 3 is 2.71 bits per heavy atom. The number of aryl methyl sites for hydroxylation is 1. The molecule has 31 heavy (non-hydrogen) atoms. The van der Waals surface area contributed by atoms with Gasteiger partial charge < -0.3 is 15.8 Å². The molecule has 0 spiro atoms. The molecule has 0 aliphatic carbocycles. The molecule has 3 heterocycles. The van der Waals surface area contributed by atoms with E-state index in [4.69, 9.17) is 15.7 Å². The van der Waals surface area contributed by atoms with Crippen LogP contribution in [-0.2, 0) is 10.3 Å². The number of rotatable bonds is 3. The maximum atomic E-state index is 13.7. The largest absolute Gasteiger partial charge is 0.417 e. The number of carbonyl (C=O) groups excluding carboxylic acids is 1. The maximum absolute atomic E-state index is 13.7. The van der Waals surface area contributed by atoms with Crippen LogP contribution in [-0.4, -0.2) is 40.1 Å². The van der Waals surface area contributed by atoms with Gasteiger partial charge in [0, 0.05) is 6.20 Å².